The number of carbonyl (C=O) groups excluding carboxylic acids is 1. The summed E-state index contributed by atoms with van der Waals surface area (Å²) >= 11 is 0. The topological polar surface area (TPSA) is 70.6 Å². The van der Waals surface area contributed by atoms with Crippen LogP contribution >= 0.6 is 0 Å². The molecule has 5 nitrogen and oxygen atoms in total. The molecule has 1 aromatic carbocycles. The lowest BCUT2D eigenvalue weighted by atomic mass is 10.2. The van der Waals surface area contributed by atoms with Crippen molar-refractivity contribution in [1.82, 2.24) is 10.6 Å². The molecule has 5 heteroatoms. The molecule has 0 atom stereocenters. The largest absolute Gasteiger partial charge is 0.504 e. The number of hydrogen-bond acceptors (Lipinski definition) is 3. The van der Waals surface area contributed by atoms with Gasteiger partial charge in [-0.3, -0.25) is 0 Å². The van der Waals surface area contributed by atoms with Gasteiger partial charge in [-0.25, -0.2) is 4.79 Å². The minimum absolute atomic E-state index is 0.0636. The van der Waals surface area contributed by atoms with E-state index in [0.717, 1.165) is 5.56 Å². The fourth-order valence-corrected chi connectivity index (χ4v) is 1.12. The summed E-state index contributed by atoms with van der Waals surface area (Å²) in [5.74, 6) is 0.479. The van der Waals surface area contributed by atoms with Crippen molar-refractivity contribution in [3.05, 3.63) is 23.8 Å². The Hall–Kier alpha value is -1.91. The molecule has 1 rings (SSSR count). The third-order valence-corrected chi connectivity index (χ3v) is 1.92. The summed E-state index contributed by atoms with van der Waals surface area (Å²) in [6, 6.07) is 4.71. The van der Waals surface area contributed by atoms with Gasteiger partial charge in [0.15, 0.2) is 11.5 Å². The van der Waals surface area contributed by atoms with Crippen LogP contribution in [0.4, 0.5) is 4.79 Å². The Bertz CT molecular complexity index is 353. The molecule has 1 aromatic rings. The second-order valence-electron chi connectivity index (χ2n) is 2.94. The third kappa shape index (κ3) is 3.05. The number of urea groups is 1. The third-order valence-electron chi connectivity index (χ3n) is 1.92. The maximum absolute atomic E-state index is 10.9. The van der Waals surface area contributed by atoms with E-state index in [9.17, 15) is 9.90 Å². The molecular weight excluding hydrogens is 196 g/mol. The lowest BCUT2D eigenvalue weighted by Crippen LogP contribution is -2.32. The first-order valence-corrected chi connectivity index (χ1v) is 4.49. The highest BCUT2D eigenvalue weighted by atomic mass is 16.5. The fourth-order valence-electron chi connectivity index (χ4n) is 1.12. The molecule has 0 spiro atoms. The number of aromatic hydroxyl groups is 1. The summed E-state index contributed by atoms with van der Waals surface area (Å²) in [6.45, 7) is 0.358. The van der Waals surface area contributed by atoms with E-state index >= 15 is 0 Å². The van der Waals surface area contributed by atoms with Crippen LogP contribution in [0.5, 0.6) is 11.5 Å². The summed E-state index contributed by atoms with van der Waals surface area (Å²) in [4.78, 5) is 10.9. The van der Waals surface area contributed by atoms with Gasteiger partial charge in [0, 0.05) is 13.6 Å². The molecule has 0 aliphatic heterocycles. The van der Waals surface area contributed by atoms with Gasteiger partial charge in [-0.1, -0.05) is 6.07 Å². The van der Waals surface area contributed by atoms with Gasteiger partial charge < -0.3 is 20.5 Å². The zero-order chi connectivity index (χ0) is 11.3. The van der Waals surface area contributed by atoms with Gasteiger partial charge in [0.1, 0.15) is 0 Å². The Balaban J connectivity index is 2.63. The number of ether oxygens (including phenoxy) is 1. The first-order valence-electron chi connectivity index (χ1n) is 4.49. The molecule has 0 aliphatic carbocycles. The number of nitrogens with one attached hydrogen (secondary N) is 2. The van der Waals surface area contributed by atoms with Crippen molar-refractivity contribution >= 4 is 6.03 Å². The Morgan fingerprint density at radius 2 is 2.27 bits per heavy atom. The van der Waals surface area contributed by atoms with Gasteiger partial charge in [-0.05, 0) is 17.7 Å². The van der Waals surface area contributed by atoms with Crippen LogP contribution in [0.25, 0.3) is 0 Å². The molecule has 82 valence electrons. The van der Waals surface area contributed by atoms with E-state index in [4.69, 9.17) is 4.74 Å². The van der Waals surface area contributed by atoms with Crippen LogP contribution in [0, 0.1) is 0 Å². The minimum Gasteiger partial charge on any atom is -0.504 e. The Morgan fingerprint density at radius 3 is 2.80 bits per heavy atom. The number of phenolic OH excluding ortho intramolecular Hbond substituents is 1. The monoisotopic (exact) mass is 210 g/mol. The summed E-state index contributed by atoms with van der Waals surface area (Å²) in [6.07, 6.45) is 0. The van der Waals surface area contributed by atoms with Gasteiger partial charge in [0.05, 0.1) is 7.11 Å². The highest BCUT2D eigenvalue weighted by Crippen LogP contribution is 2.25. The maximum atomic E-state index is 10.9. The lowest BCUT2D eigenvalue weighted by molar-refractivity contribution is 0.242. The van der Waals surface area contributed by atoms with Crippen molar-refractivity contribution in [2.24, 2.45) is 0 Å². The molecule has 0 fully saturated rings. The number of carbonyl (C=O) groups is 1. The van der Waals surface area contributed by atoms with Crippen LogP contribution in [-0.4, -0.2) is 25.3 Å². The second-order valence-corrected chi connectivity index (χ2v) is 2.94. The van der Waals surface area contributed by atoms with E-state index in [-0.39, 0.29) is 11.8 Å². The van der Waals surface area contributed by atoms with Gasteiger partial charge in [0.2, 0.25) is 0 Å². The molecule has 3 N–H and O–H groups in total. The SMILES string of the molecule is CNC(=O)NCc1ccc(OC)c(O)c1. The Labute approximate surface area is 88.1 Å². The quantitative estimate of drug-likeness (QED) is 0.692. The van der Waals surface area contributed by atoms with E-state index in [1.807, 2.05) is 0 Å². The van der Waals surface area contributed by atoms with Gasteiger partial charge in [-0.15, -0.1) is 0 Å². The van der Waals surface area contributed by atoms with Gasteiger partial charge in [0.25, 0.3) is 0 Å². The van der Waals surface area contributed by atoms with Crippen molar-refractivity contribution in [1.29, 1.82) is 0 Å². The maximum Gasteiger partial charge on any atom is 0.314 e. The van der Waals surface area contributed by atoms with Crippen LogP contribution in [0.1, 0.15) is 5.56 Å². The van der Waals surface area contributed by atoms with Crippen LogP contribution < -0.4 is 15.4 Å². The van der Waals surface area contributed by atoms with E-state index in [0.29, 0.717) is 12.3 Å². The molecule has 15 heavy (non-hydrogen) atoms. The number of rotatable bonds is 3. The molecular formula is C10H14N2O3. The number of benzene rings is 1. The summed E-state index contributed by atoms with van der Waals surface area (Å²) in [5, 5.41) is 14.5. The summed E-state index contributed by atoms with van der Waals surface area (Å²) < 4.78 is 4.90. The van der Waals surface area contributed by atoms with E-state index in [2.05, 4.69) is 10.6 Å². The summed E-state index contributed by atoms with van der Waals surface area (Å²) in [5.41, 5.74) is 0.803. The van der Waals surface area contributed by atoms with Crippen LogP contribution in [-0.2, 0) is 6.54 Å². The van der Waals surface area contributed by atoms with Crippen LogP contribution in [0.3, 0.4) is 0 Å². The molecule has 0 heterocycles. The number of hydrogen-bond donors (Lipinski definition) is 3. The molecule has 0 aliphatic rings. The van der Waals surface area contributed by atoms with Crippen molar-refractivity contribution in [2.75, 3.05) is 14.2 Å². The highest BCUT2D eigenvalue weighted by molar-refractivity contribution is 5.73. The number of phenols is 1. The van der Waals surface area contributed by atoms with Crippen molar-refractivity contribution in [3.63, 3.8) is 0 Å². The van der Waals surface area contributed by atoms with Crippen LogP contribution in [0.15, 0.2) is 18.2 Å². The Kier molecular flexibility index (Phi) is 3.79. The zero-order valence-electron chi connectivity index (χ0n) is 8.70. The predicted molar refractivity (Wildman–Crippen MR) is 56.0 cm³/mol. The minimum atomic E-state index is -0.259. The smallest absolute Gasteiger partial charge is 0.314 e. The van der Waals surface area contributed by atoms with Crippen molar-refractivity contribution in [3.8, 4) is 11.5 Å². The molecule has 0 saturated heterocycles. The number of methoxy groups -OCH3 is 1. The average molecular weight is 210 g/mol. The highest BCUT2D eigenvalue weighted by Gasteiger charge is 2.03. The van der Waals surface area contributed by atoms with Gasteiger partial charge >= 0.3 is 6.03 Å². The normalized spacial score (nSPS) is 9.47. The van der Waals surface area contributed by atoms with E-state index in [1.165, 1.54) is 7.11 Å². The predicted octanol–water partition coefficient (Wildman–Crippen LogP) is 0.830. The van der Waals surface area contributed by atoms with E-state index in [1.54, 1.807) is 25.2 Å². The fraction of sp³-hybridized carbons (Fsp3) is 0.300. The lowest BCUT2D eigenvalue weighted by Gasteiger charge is -2.07. The van der Waals surface area contributed by atoms with Crippen molar-refractivity contribution < 1.29 is 14.6 Å². The first kappa shape index (κ1) is 11.2. The van der Waals surface area contributed by atoms with Crippen LogP contribution in [0.2, 0.25) is 0 Å². The summed E-state index contributed by atoms with van der Waals surface area (Å²) in [7, 11) is 3.03. The second kappa shape index (κ2) is 5.09. The van der Waals surface area contributed by atoms with Gasteiger partial charge in [-0.2, -0.15) is 0 Å². The zero-order valence-corrected chi connectivity index (χ0v) is 8.70. The molecule has 0 aromatic heterocycles. The molecule has 2 amide bonds. The average Bonchev–Trinajstić information content (AvgIpc) is 2.26. The molecule has 0 saturated carbocycles. The standard InChI is InChI=1S/C10H14N2O3/c1-11-10(14)12-6-7-3-4-9(15-2)8(13)5-7/h3-5,13H,6H2,1-2H3,(H2,11,12,14). The molecule has 0 radical (unpaired) electrons. The number of amides is 2. The Morgan fingerprint density at radius 1 is 1.53 bits per heavy atom. The molecule has 0 bridgehead atoms. The first-order chi connectivity index (χ1) is 7.17. The van der Waals surface area contributed by atoms with E-state index < -0.39 is 0 Å². The van der Waals surface area contributed by atoms with Crippen molar-refractivity contribution in [2.45, 2.75) is 6.54 Å². The molecule has 0 unspecified atom stereocenters.